The number of aromatic carboxylic acids is 1. The number of anilines is 2. The van der Waals surface area contributed by atoms with Gasteiger partial charge in [0.2, 0.25) is 0 Å². The fourth-order valence-electron chi connectivity index (χ4n) is 3.47. The first-order valence-electron chi connectivity index (χ1n) is 8.79. The molecule has 3 aromatic carbocycles. The minimum atomic E-state index is -1.20. The topological polar surface area (TPSA) is 58.6 Å². The molecule has 28 heavy (non-hydrogen) atoms. The van der Waals surface area contributed by atoms with Crippen LogP contribution in [-0.4, -0.2) is 17.7 Å². The molecule has 3 aromatic rings. The summed E-state index contributed by atoms with van der Waals surface area (Å²) in [6.07, 6.45) is 0.830. The third-order valence-electron chi connectivity index (χ3n) is 4.87. The Bertz CT molecular complexity index is 1100. The number of carboxylic acids is 1. The van der Waals surface area contributed by atoms with Gasteiger partial charge in [0.05, 0.1) is 22.9 Å². The van der Waals surface area contributed by atoms with E-state index in [9.17, 15) is 14.3 Å². The van der Waals surface area contributed by atoms with E-state index in [1.807, 2.05) is 24.3 Å². The van der Waals surface area contributed by atoms with Gasteiger partial charge in [0.15, 0.2) is 0 Å². The van der Waals surface area contributed by atoms with Crippen molar-refractivity contribution in [3.8, 4) is 16.9 Å². The van der Waals surface area contributed by atoms with Crippen LogP contribution in [0.5, 0.6) is 5.75 Å². The lowest BCUT2D eigenvalue weighted by molar-refractivity contribution is 0.0696. The summed E-state index contributed by atoms with van der Waals surface area (Å²) in [4.78, 5) is 11.7. The highest BCUT2D eigenvalue weighted by molar-refractivity contribution is 6.34. The minimum Gasteiger partial charge on any atom is -0.493 e. The molecule has 1 heterocycles. The van der Waals surface area contributed by atoms with Crippen molar-refractivity contribution in [2.24, 2.45) is 0 Å². The third-order valence-corrected chi connectivity index (χ3v) is 5.19. The number of halogens is 2. The molecule has 1 aliphatic rings. The number of rotatable bonds is 4. The molecule has 0 radical (unpaired) electrons. The highest BCUT2D eigenvalue weighted by Gasteiger charge is 2.20. The average molecular weight is 398 g/mol. The summed E-state index contributed by atoms with van der Waals surface area (Å²) in [5.74, 6) is -0.890. The average Bonchev–Trinajstić information content (AvgIpc) is 3.12. The Morgan fingerprint density at radius 1 is 1.18 bits per heavy atom. The Morgan fingerprint density at radius 3 is 2.79 bits per heavy atom. The molecule has 0 amide bonds. The van der Waals surface area contributed by atoms with E-state index in [-0.39, 0.29) is 11.1 Å². The molecular weight excluding hydrogens is 381 g/mol. The smallest absolute Gasteiger partial charge is 0.338 e. The second kappa shape index (κ2) is 7.17. The van der Waals surface area contributed by atoms with Gasteiger partial charge in [0.25, 0.3) is 0 Å². The highest BCUT2D eigenvalue weighted by atomic mass is 35.5. The highest BCUT2D eigenvalue weighted by Crippen LogP contribution is 2.40. The number of nitrogens with one attached hydrogen (secondary N) is 1. The van der Waals surface area contributed by atoms with Crippen molar-refractivity contribution in [2.45, 2.75) is 13.3 Å². The number of carboxylic acid groups (broad SMARTS) is 1. The third kappa shape index (κ3) is 3.18. The van der Waals surface area contributed by atoms with Gasteiger partial charge >= 0.3 is 5.97 Å². The normalized spacial score (nSPS) is 12.4. The molecule has 0 aliphatic carbocycles. The molecule has 0 saturated carbocycles. The standard InChI is InChI=1S/C22H17ClFNO3/c1-12-16(24)6-7-18(20(12)22(26)27)25-17-4-2-3-15(23)21(17)14-5-8-19-13(11-14)9-10-28-19/h2-8,11,25H,9-10H2,1H3,(H,26,27). The van der Waals surface area contributed by atoms with Gasteiger partial charge in [-0.3, -0.25) is 0 Å². The van der Waals surface area contributed by atoms with Crippen molar-refractivity contribution in [1.29, 1.82) is 0 Å². The molecule has 6 heteroatoms. The van der Waals surface area contributed by atoms with Crippen molar-refractivity contribution in [2.75, 3.05) is 11.9 Å². The van der Waals surface area contributed by atoms with Crippen molar-refractivity contribution >= 4 is 28.9 Å². The summed E-state index contributed by atoms with van der Waals surface area (Å²) in [7, 11) is 0. The van der Waals surface area contributed by atoms with E-state index in [0.29, 0.717) is 23.0 Å². The minimum absolute atomic E-state index is 0.0794. The van der Waals surface area contributed by atoms with Gasteiger partial charge in [-0.15, -0.1) is 0 Å². The molecule has 2 N–H and O–H groups in total. The van der Waals surface area contributed by atoms with Crippen LogP contribution >= 0.6 is 11.6 Å². The fourth-order valence-corrected chi connectivity index (χ4v) is 3.76. The maximum Gasteiger partial charge on any atom is 0.338 e. The first-order valence-corrected chi connectivity index (χ1v) is 9.17. The van der Waals surface area contributed by atoms with E-state index in [2.05, 4.69) is 5.32 Å². The van der Waals surface area contributed by atoms with Crippen LogP contribution in [0.1, 0.15) is 21.5 Å². The number of fused-ring (bicyclic) bond motifs is 1. The lowest BCUT2D eigenvalue weighted by Gasteiger charge is -2.17. The van der Waals surface area contributed by atoms with Crippen LogP contribution in [0.4, 0.5) is 15.8 Å². The van der Waals surface area contributed by atoms with Crippen LogP contribution < -0.4 is 10.1 Å². The molecule has 1 aliphatic heterocycles. The quantitative estimate of drug-likeness (QED) is 0.581. The second-order valence-corrected chi connectivity index (χ2v) is 7.02. The Kier molecular flexibility index (Phi) is 4.69. The van der Waals surface area contributed by atoms with Crippen molar-refractivity contribution in [3.63, 3.8) is 0 Å². The molecule has 4 rings (SSSR count). The van der Waals surface area contributed by atoms with E-state index in [0.717, 1.165) is 28.9 Å². The Labute approximate surface area is 166 Å². The summed E-state index contributed by atoms with van der Waals surface area (Å²) >= 11 is 6.49. The Balaban J connectivity index is 1.82. The van der Waals surface area contributed by atoms with Gasteiger partial charge < -0.3 is 15.2 Å². The Hall–Kier alpha value is -3.05. The van der Waals surface area contributed by atoms with Gasteiger partial charge in [-0.25, -0.2) is 9.18 Å². The molecule has 4 nitrogen and oxygen atoms in total. The van der Waals surface area contributed by atoms with Crippen molar-refractivity contribution in [3.05, 3.63) is 76.1 Å². The zero-order valence-corrected chi connectivity index (χ0v) is 15.8. The zero-order valence-electron chi connectivity index (χ0n) is 15.1. The molecule has 0 atom stereocenters. The molecule has 0 bridgehead atoms. The van der Waals surface area contributed by atoms with E-state index >= 15 is 0 Å². The lowest BCUT2D eigenvalue weighted by atomic mass is 9.99. The first kappa shape index (κ1) is 18.3. The van der Waals surface area contributed by atoms with Gasteiger partial charge in [-0.05, 0) is 54.4 Å². The van der Waals surface area contributed by atoms with Gasteiger partial charge in [0, 0.05) is 23.2 Å². The molecule has 0 spiro atoms. The zero-order chi connectivity index (χ0) is 19.8. The summed E-state index contributed by atoms with van der Waals surface area (Å²) in [5, 5.41) is 13.2. The lowest BCUT2D eigenvalue weighted by Crippen LogP contribution is -2.07. The maximum atomic E-state index is 13.9. The summed E-state index contributed by atoms with van der Waals surface area (Å²) in [5.41, 5.74) is 3.67. The van der Waals surface area contributed by atoms with Crippen LogP contribution in [0.2, 0.25) is 5.02 Å². The largest absolute Gasteiger partial charge is 0.493 e. The van der Waals surface area contributed by atoms with E-state index in [1.54, 1.807) is 12.1 Å². The number of hydrogen-bond donors (Lipinski definition) is 2. The fraction of sp³-hybridized carbons (Fsp3) is 0.136. The summed E-state index contributed by atoms with van der Waals surface area (Å²) < 4.78 is 19.4. The second-order valence-electron chi connectivity index (χ2n) is 6.61. The number of hydrogen-bond acceptors (Lipinski definition) is 3. The molecule has 0 unspecified atom stereocenters. The monoisotopic (exact) mass is 397 g/mol. The summed E-state index contributed by atoms with van der Waals surface area (Å²) in [6.45, 7) is 2.10. The maximum absolute atomic E-state index is 13.9. The van der Waals surface area contributed by atoms with Crippen LogP contribution in [0.25, 0.3) is 11.1 Å². The van der Waals surface area contributed by atoms with E-state index < -0.39 is 11.8 Å². The van der Waals surface area contributed by atoms with Gasteiger partial charge in [-0.2, -0.15) is 0 Å². The molecule has 0 saturated heterocycles. The molecule has 0 fully saturated rings. The Morgan fingerprint density at radius 2 is 2.00 bits per heavy atom. The number of ether oxygens (including phenoxy) is 1. The molecule has 0 aromatic heterocycles. The van der Waals surface area contributed by atoms with Crippen molar-refractivity contribution in [1.82, 2.24) is 0 Å². The van der Waals surface area contributed by atoms with Crippen LogP contribution in [0.3, 0.4) is 0 Å². The predicted octanol–water partition coefficient (Wildman–Crippen LogP) is 5.83. The van der Waals surface area contributed by atoms with Crippen molar-refractivity contribution < 1.29 is 19.0 Å². The predicted molar refractivity (Wildman–Crippen MR) is 107 cm³/mol. The number of benzene rings is 3. The first-order chi connectivity index (χ1) is 13.5. The van der Waals surface area contributed by atoms with Crippen LogP contribution in [0.15, 0.2) is 48.5 Å². The molecule has 142 valence electrons. The van der Waals surface area contributed by atoms with Gasteiger partial charge in [-0.1, -0.05) is 23.7 Å². The number of carbonyl (C=O) groups is 1. The van der Waals surface area contributed by atoms with Gasteiger partial charge in [0.1, 0.15) is 11.6 Å². The van der Waals surface area contributed by atoms with E-state index in [4.69, 9.17) is 16.3 Å². The summed E-state index contributed by atoms with van der Waals surface area (Å²) in [6, 6.07) is 13.9. The molecular formula is C22H17ClFNO3. The SMILES string of the molecule is Cc1c(F)ccc(Nc2cccc(Cl)c2-c2ccc3c(c2)CCO3)c1C(=O)O. The van der Waals surface area contributed by atoms with Crippen LogP contribution in [-0.2, 0) is 6.42 Å². The van der Waals surface area contributed by atoms with Crippen LogP contribution in [0, 0.1) is 12.7 Å². The van der Waals surface area contributed by atoms with E-state index in [1.165, 1.54) is 19.1 Å².